The van der Waals surface area contributed by atoms with Gasteiger partial charge in [-0.05, 0) is 39.5 Å². The zero-order valence-corrected chi connectivity index (χ0v) is 12.7. The molecule has 0 fully saturated rings. The van der Waals surface area contributed by atoms with Crippen LogP contribution >= 0.6 is 27.3 Å². The number of aromatic carboxylic acids is 1. The summed E-state index contributed by atoms with van der Waals surface area (Å²) in [7, 11) is 0. The number of hydrogen-bond acceptors (Lipinski definition) is 3. The summed E-state index contributed by atoms with van der Waals surface area (Å²) in [6.07, 6.45) is 0. The molecule has 0 atom stereocenters. The van der Waals surface area contributed by atoms with Crippen LogP contribution in [0.25, 0.3) is 0 Å². The van der Waals surface area contributed by atoms with Gasteiger partial charge in [0.2, 0.25) is 0 Å². The molecule has 0 saturated carbocycles. The summed E-state index contributed by atoms with van der Waals surface area (Å²) in [6.45, 7) is 0.148. The second-order valence-corrected chi connectivity index (χ2v) is 5.85. The van der Waals surface area contributed by atoms with E-state index in [2.05, 4.69) is 21.2 Å². The SMILES string of the molecule is O=C(O)c1cc(F)c(F)cc1C(=O)NCc1sccc1Br. The van der Waals surface area contributed by atoms with E-state index < -0.39 is 34.6 Å². The molecule has 1 amide bonds. The Morgan fingerprint density at radius 3 is 2.38 bits per heavy atom. The fourth-order valence-electron chi connectivity index (χ4n) is 1.62. The molecule has 0 unspecified atom stereocenters. The lowest BCUT2D eigenvalue weighted by Gasteiger charge is -2.08. The predicted octanol–water partition coefficient (Wildman–Crippen LogP) is 3.42. The predicted molar refractivity (Wildman–Crippen MR) is 76.5 cm³/mol. The van der Waals surface area contributed by atoms with Gasteiger partial charge in [0, 0.05) is 9.35 Å². The van der Waals surface area contributed by atoms with Crippen LogP contribution in [0.2, 0.25) is 0 Å². The molecular formula is C13H8BrF2NO3S. The summed E-state index contributed by atoms with van der Waals surface area (Å²) in [5, 5.41) is 13.2. The van der Waals surface area contributed by atoms with E-state index >= 15 is 0 Å². The molecule has 2 N–H and O–H groups in total. The molecule has 0 aliphatic rings. The molecule has 110 valence electrons. The number of halogens is 3. The number of carbonyl (C=O) groups is 2. The summed E-state index contributed by atoms with van der Waals surface area (Å²) >= 11 is 4.68. The van der Waals surface area contributed by atoms with Crippen molar-refractivity contribution in [3.63, 3.8) is 0 Å². The maximum absolute atomic E-state index is 13.2. The standard InChI is InChI=1S/C13H8BrF2NO3S/c14-8-1-2-21-11(8)5-17-12(18)6-3-9(15)10(16)4-7(6)13(19)20/h1-4H,5H2,(H,17,18)(H,19,20). The summed E-state index contributed by atoms with van der Waals surface area (Å²) in [4.78, 5) is 23.8. The number of nitrogens with one attached hydrogen (secondary N) is 1. The molecule has 4 nitrogen and oxygen atoms in total. The molecule has 0 saturated heterocycles. The average molecular weight is 376 g/mol. The number of carboxylic acids is 1. The maximum Gasteiger partial charge on any atom is 0.336 e. The first kappa shape index (κ1) is 15.6. The fourth-order valence-corrected chi connectivity index (χ4v) is 3.05. The highest BCUT2D eigenvalue weighted by atomic mass is 79.9. The Morgan fingerprint density at radius 2 is 1.86 bits per heavy atom. The van der Waals surface area contributed by atoms with Crippen molar-refractivity contribution in [3.8, 4) is 0 Å². The Hall–Kier alpha value is -1.80. The third-order valence-corrected chi connectivity index (χ3v) is 4.56. The van der Waals surface area contributed by atoms with Gasteiger partial charge >= 0.3 is 5.97 Å². The van der Waals surface area contributed by atoms with Crippen LogP contribution in [0.4, 0.5) is 8.78 Å². The Bertz CT molecular complexity index is 717. The molecule has 0 spiro atoms. The Morgan fingerprint density at radius 1 is 1.24 bits per heavy atom. The third-order valence-electron chi connectivity index (χ3n) is 2.64. The van der Waals surface area contributed by atoms with Crippen molar-refractivity contribution in [2.45, 2.75) is 6.54 Å². The first-order valence-electron chi connectivity index (χ1n) is 5.62. The monoisotopic (exact) mass is 375 g/mol. The van der Waals surface area contributed by atoms with Crippen LogP contribution in [0.3, 0.4) is 0 Å². The molecule has 21 heavy (non-hydrogen) atoms. The zero-order chi connectivity index (χ0) is 15.6. The number of thiophene rings is 1. The lowest BCUT2D eigenvalue weighted by Crippen LogP contribution is -2.25. The number of hydrogen-bond donors (Lipinski definition) is 2. The van der Waals surface area contributed by atoms with E-state index in [0.717, 1.165) is 9.35 Å². The summed E-state index contributed by atoms with van der Waals surface area (Å²) in [5.41, 5.74) is -1.01. The Balaban J connectivity index is 2.24. The molecule has 0 radical (unpaired) electrons. The van der Waals surface area contributed by atoms with E-state index in [9.17, 15) is 18.4 Å². The van der Waals surface area contributed by atoms with Gasteiger partial charge in [0.1, 0.15) is 0 Å². The van der Waals surface area contributed by atoms with Crippen molar-refractivity contribution in [1.29, 1.82) is 0 Å². The average Bonchev–Trinajstić information content (AvgIpc) is 2.84. The molecular weight excluding hydrogens is 368 g/mol. The highest BCUT2D eigenvalue weighted by Crippen LogP contribution is 2.22. The lowest BCUT2D eigenvalue weighted by atomic mass is 10.1. The van der Waals surface area contributed by atoms with Gasteiger partial charge in [0.25, 0.3) is 5.91 Å². The van der Waals surface area contributed by atoms with Crippen LogP contribution in [-0.4, -0.2) is 17.0 Å². The number of carbonyl (C=O) groups excluding carboxylic acids is 1. The van der Waals surface area contributed by atoms with Gasteiger partial charge in [0.15, 0.2) is 11.6 Å². The van der Waals surface area contributed by atoms with Gasteiger partial charge in [-0.25, -0.2) is 13.6 Å². The molecule has 0 bridgehead atoms. The first-order chi connectivity index (χ1) is 9.90. The Labute approximate surface area is 130 Å². The van der Waals surface area contributed by atoms with Crippen LogP contribution in [0.1, 0.15) is 25.6 Å². The summed E-state index contributed by atoms with van der Waals surface area (Å²) in [5.74, 6) is -4.88. The van der Waals surface area contributed by atoms with E-state index in [4.69, 9.17) is 5.11 Å². The van der Waals surface area contributed by atoms with Gasteiger partial charge in [-0.1, -0.05) is 0 Å². The van der Waals surface area contributed by atoms with E-state index in [1.54, 1.807) is 6.07 Å². The largest absolute Gasteiger partial charge is 0.478 e. The Kier molecular flexibility index (Phi) is 4.69. The van der Waals surface area contributed by atoms with Gasteiger partial charge in [-0.3, -0.25) is 4.79 Å². The smallest absolute Gasteiger partial charge is 0.336 e. The topological polar surface area (TPSA) is 66.4 Å². The van der Waals surface area contributed by atoms with E-state index in [-0.39, 0.29) is 6.54 Å². The highest BCUT2D eigenvalue weighted by Gasteiger charge is 2.20. The van der Waals surface area contributed by atoms with Gasteiger partial charge in [-0.2, -0.15) is 0 Å². The number of rotatable bonds is 4. The maximum atomic E-state index is 13.2. The van der Waals surface area contributed by atoms with Crippen molar-refractivity contribution in [2.75, 3.05) is 0 Å². The quantitative estimate of drug-likeness (QED) is 0.860. The lowest BCUT2D eigenvalue weighted by molar-refractivity contribution is 0.0690. The normalized spacial score (nSPS) is 10.4. The number of amides is 1. The van der Waals surface area contributed by atoms with Crippen molar-refractivity contribution < 1.29 is 23.5 Å². The van der Waals surface area contributed by atoms with Gasteiger partial charge in [-0.15, -0.1) is 11.3 Å². The van der Waals surface area contributed by atoms with Crippen LogP contribution in [0.5, 0.6) is 0 Å². The zero-order valence-electron chi connectivity index (χ0n) is 10.3. The van der Waals surface area contributed by atoms with Crippen molar-refractivity contribution in [2.24, 2.45) is 0 Å². The van der Waals surface area contributed by atoms with E-state index in [0.29, 0.717) is 12.1 Å². The second-order valence-electron chi connectivity index (χ2n) is 3.99. The molecule has 0 aliphatic heterocycles. The van der Waals surface area contributed by atoms with Crippen LogP contribution < -0.4 is 5.32 Å². The number of carboxylic acid groups (broad SMARTS) is 1. The fraction of sp³-hybridized carbons (Fsp3) is 0.0769. The minimum Gasteiger partial charge on any atom is -0.478 e. The van der Waals surface area contributed by atoms with Crippen LogP contribution in [-0.2, 0) is 6.54 Å². The second kappa shape index (κ2) is 6.31. The van der Waals surface area contributed by atoms with E-state index in [1.165, 1.54) is 11.3 Å². The highest BCUT2D eigenvalue weighted by molar-refractivity contribution is 9.10. The molecule has 1 aromatic carbocycles. The molecule has 1 heterocycles. The van der Waals surface area contributed by atoms with Crippen molar-refractivity contribution >= 4 is 39.1 Å². The first-order valence-corrected chi connectivity index (χ1v) is 7.30. The summed E-state index contributed by atoms with van der Waals surface area (Å²) < 4.78 is 27.1. The van der Waals surface area contributed by atoms with E-state index in [1.807, 2.05) is 5.38 Å². The molecule has 2 aromatic rings. The van der Waals surface area contributed by atoms with Crippen molar-refractivity contribution in [3.05, 3.63) is 55.7 Å². The van der Waals surface area contributed by atoms with Crippen LogP contribution in [0.15, 0.2) is 28.1 Å². The minimum atomic E-state index is -1.50. The molecule has 1 aromatic heterocycles. The molecule has 0 aliphatic carbocycles. The van der Waals surface area contributed by atoms with Gasteiger partial charge in [0.05, 0.1) is 17.7 Å². The molecule has 2 rings (SSSR count). The minimum absolute atomic E-state index is 0.148. The van der Waals surface area contributed by atoms with Gasteiger partial charge < -0.3 is 10.4 Å². The molecule has 8 heteroatoms. The number of benzene rings is 1. The summed E-state index contributed by atoms with van der Waals surface area (Å²) in [6, 6.07) is 2.87. The third kappa shape index (κ3) is 3.45. The van der Waals surface area contributed by atoms with Crippen molar-refractivity contribution in [1.82, 2.24) is 5.32 Å². The van der Waals surface area contributed by atoms with Crippen LogP contribution in [0, 0.1) is 11.6 Å².